The molecule has 2 heterocycles. The van der Waals surface area contributed by atoms with Crippen molar-refractivity contribution in [3.63, 3.8) is 0 Å². The number of hydrogen-bond acceptors (Lipinski definition) is 1. The normalized spacial score (nSPS) is 17.1. The quantitative estimate of drug-likeness (QED) is 0.568. The SMILES string of the molecule is C[n+]1ccn(CCCN2CCCCC2)c1.[Cl-]. The summed E-state index contributed by atoms with van der Waals surface area (Å²) in [6, 6.07) is 0. The maximum absolute atomic E-state index is 2.60. The molecule has 1 aromatic heterocycles. The van der Waals surface area contributed by atoms with Crippen molar-refractivity contribution >= 4 is 0 Å². The monoisotopic (exact) mass is 243 g/mol. The van der Waals surface area contributed by atoms with Crippen molar-refractivity contribution in [2.24, 2.45) is 7.05 Å². The molecule has 16 heavy (non-hydrogen) atoms. The summed E-state index contributed by atoms with van der Waals surface area (Å²) in [7, 11) is 2.07. The van der Waals surface area contributed by atoms with Crippen LogP contribution in [0.15, 0.2) is 18.7 Å². The van der Waals surface area contributed by atoms with Crippen molar-refractivity contribution in [2.45, 2.75) is 32.2 Å². The smallest absolute Gasteiger partial charge is 0.243 e. The first-order valence-electron chi connectivity index (χ1n) is 6.08. The minimum absolute atomic E-state index is 0. The van der Waals surface area contributed by atoms with Gasteiger partial charge in [-0.15, -0.1) is 0 Å². The number of piperidine rings is 1. The highest BCUT2D eigenvalue weighted by Gasteiger charge is 2.09. The lowest BCUT2D eigenvalue weighted by Crippen LogP contribution is -3.00. The number of halogens is 1. The van der Waals surface area contributed by atoms with E-state index in [0.29, 0.717) is 0 Å². The lowest BCUT2D eigenvalue weighted by molar-refractivity contribution is -0.671. The summed E-state index contributed by atoms with van der Waals surface area (Å²) >= 11 is 0. The maximum Gasteiger partial charge on any atom is 0.243 e. The predicted octanol–water partition coefficient (Wildman–Crippen LogP) is -1.81. The predicted molar refractivity (Wildman–Crippen MR) is 60.5 cm³/mol. The van der Waals surface area contributed by atoms with Crippen LogP contribution >= 0.6 is 0 Å². The number of hydrogen-bond donors (Lipinski definition) is 0. The van der Waals surface area contributed by atoms with E-state index < -0.39 is 0 Å². The third kappa shape index (κ3) is 4.14. The average Bonchev–Trinajstić information content (AvgIpc) is 2.66. The van der Waals surface area contributed by atoms with E-state index in [1.165, 1.54) is 45.3 Å². The van der Waals surface area contributed by atoms with Gasteiger partial charge in [-0.3, -0.25) is 0 Å². The Labute approximate surface area is 104 Å². The zero-order valence-corrected chi connectivity index (χ0v) is 10.9. The van der Waals surface area contributed by atoms with Crippen LogP contribution in [0.25, 0.3) is 0 Å². The Balaban J connectivity index is 0.00000128. The van der Waals surface area contributed by atoms with Crippen LogP contribution in [0.2, 0.25) is 0 Å². The second kappa shape index (κ2) is 6.92. The van der Waals surface area contributed by atoms with E-state index in [2.05, 4.69) is 39.8 Å². The van der Waals surface area contributed by atoms with Crippen molar-refractivity contribution < 1.29 is 17.0 Å². The molecule has 1 aliphatic rings. The van der Waals surface area contributed by atoms with Gasteiger partial charge in [-0.25, -0.2) is 9.13 Å². The van der Waals surface area contributed by atoms with E-state index in [4.69, 9.17) is 0 Å². The second-order valence-corrected chi connectivity index (χ2v) is 4.57. The Bertz CT molecular complexity index is 292. The number of rotatable bonds is 4. The molecule has 1 aromatic rings. The molecule has 0 atom stereocenters. The second-order valence-electron chi connectivity index (χ2n) is 4.57. The fourth-order valence-electron chi connectivity index (χ4n) is 2.29. The highest BCUT2D eigenvalue weighted by molar-refractivity contribution is 4.68. The molecule has 0 saturated carbocycles. The van der Waals surface area contributed by atoms with Crippen LogP contribution in [0.4, 0.5) is 0 Å². The third-order valence-electron chi connectivity index (χ3n) is 3.16. The summed E-state index contributed by atoms with van der Waals surface area (Å²) in [5.41, 5.74) is 0. The molecule has 0 aromatic carbocycles. The van der Waals surface area contributed by atoms with E-state index in [-0.39, 0.29) is 12.4 Å². The Morgan fingerprint density at radius 2 is 1.88 bits per heavy atom. The zero-order chi connectivity index (χ0) is 10.5. The van der Waals surface area contributed by atoms with Gasteiger partial charge in [0.1, 0.15) is 12.4 Å². The molecule has 0 radical (unpaired) electrons. The lowest BCUT2D eigenvalue weighted by atomic mass is 10.1. The number of aromatic nitrogens is 2. The van der Waals surface area contributed by atoms with Crippen LogP contribution < -0.4 is 17.0 Å². The van der Waals surface area contributed by atoms with Crippen molar-refractivity contribution in [3.05, 3.63) is 18.7 Å². The van der Waals surface area contributed by atoms with E-state index in [1.807, 2.05) is 0 Å². The Kier molecular flexibility index (Phi) is 5.85. The molecule has 1 fully saturated rings. The molecule has 0 aliphatic carbocycles. The number of imidazole rings is 1. The van der Waals surface area contributed by atoms with E-state index in [1.54, 1.807) is 0 Å². The topological polar surface area (TPSA) is 12.0 Å². The molecule has 0 spiro atoms. The first-order valence-corrected chi connectivity index (χ1v) is 6.08. The number of nitrogens with zero attached hydrogens (tertiary/aromatic N) is 3. The lowest BCUT2D eigenvalue weighted by Gasteiger charge is -2.25. The van der Waals surface area contributed by atoms with Gasteiger partial charge in [0.15, 0.2) is 0 Å². The molecule has 0 amide bonds. The molecule has 1 saturated heterocycles. The van der Waals surface area contributed by atoms with E-state index >= 15 is 0 Å². The van der Waals surface area contributed by atoms with Crippen LogP contribution in [0, 0.1) is 0 Å². The maximum atomic E-state index is 2.60. The van der Waals surface area contributed by atoms with Gasteiger partial charge in [0.05, 0.1) is 13.6 Å². The zero-order valence-electron chi connectivity index (χ0n) is 10.1. The van der Waals surface area contributed by atoms with Crippen LogP contribution in [0.5, 0.6) is 0 Å². The van der Waals surface area contributed by atoms with Crippen LogP contribution in [0.3, 0.4) is 0 Å². The van der Waals surface area contributed by atoms with Gasteiger partial charge in [0, 0.05) is 6.54 Å². The molecule has 0 unspecified atom stereocenters. The minimum Gasteiger partial charge on any atom is -1.00 e. The van der Waals surface area contributed by atoms with E-state index in [9.17, 15) is 0 Å². The van der Waals surface area contributed by atoms with Gasteiger partial charge in [-0.05, 0) is 32.4 Å². The fraction of sp³-hybridized carbons (Fsp3) is 0.750. The van der Waals surface area contributed by atoms with Gasteiger partial charge >= 0.3 is 0 Å². The summed E-state index contributed by atoms with van der Waals surface area (Å²) in [4.78, 5) is 2.60. The molecule has 2 rings (SSSR count). The van der Waals surface area contributed by atoms with Crippen molar-refractivity contribution in [1.82, 2.24) is 9.47 Å². The molecule has 0 bridgehead atoms. The van der Waals surface area contributed by atoms with Crippen LogP contribution in [0.1, 0.15) is 25.7 Å². The van der Waals surface area contributed by atoms with Crippen molar-refractivity contribution in [2.75, 3.05) is 19.6 Å². The van der Waals surface area contributed by atoms with Crippen molar-refractivity contribution in [3.8, 4) is 0 Å². The van der Waals surface area contributed by atoms with Gasteiger partial charge in [-0.2, -0.15) is 0 Å². The average molecular weight is 244 g/mol. The van der Waals surface area contributed by atoms with E-state index in [0.717, 1.165) is 6.54 Å². The fourth-order valence-corrected chi connectivity index (χ4v) is 2.29. The Hall–Kier alpha value is -0.540. The van der Waals surface area contributed by atoms with Gasteiger partial charge in [-0.1, -0.05) is 6.42 Å². The highest BCUT2D eigenvalue weighted by Crippen LogP contribution is 2.08. The molecule has 3 nitrogen and oxygen atoms in total. The van der Waals surface area contributed by atoms with Crippen LogP contribution in [-0.2, 0) is 13.6 Å². The molecule has 0 N–H and O–H groups in total. The molecule has 92 valence electrons. The summed E-state index contributed by atoms with van der Waals surface area (Å²) in [6.45, 7) is 5.05. The summed E-state index contributed by atoms with van der Waals surface area (Å²) in [5.74, 6) is 0. The molecule has 4 heteroatoms. The number of likely N-dealkylation sites (tertiary alicyclic amines) is 1. The van der Waals surface area contributed by atoms with Crippen LogP contribution in [-0.4, -0.2) is 29.1 Å². The van der Waals surface area contributed by atoms with Gasteiger partial charge in [0.25, 0.3) is 0 Å². The van der Waals surface area contributed by atoms with Gasteiger partial charge in [0.2, 0.25) is 6.33 Å². The highest BCUT2D eigenvalue weighted by atomic mass is 35.5. The Morgan fingerprint density at radius 1 is 1.12 bits per heavy atom. The Morgan fingerprint density at radius 3 is 2.50 bits per heavy atom. The molecule has 1 aliphatic heterocycles. The number of aryl methyl sites for hydroxylation is 2. The summed E-state index contributed by atoms with van der Waals surface area (Å²) in [5, 5.41) is 0. The van der Waals surface area contributed by atoms with Gasteiger partial charge < -0.3 is 17.3 Å². The first kappa shape index (κ1) is 13.5. The summed E-state index contributed by atoms with van der Waals surface area (Å²) < 4.78 is 4.37. The standard InChI is InChI=1S/C12H22N3.ClH/c1-13-10-11-15(12-13)9-5-8-14-6-3-2-4-7-14;/h10-12H,2-9H2,1H3;1H/q+1;/p-1. The summed E-state index contributed by atoms with van der Waals surface area (Å²) in [6.07, 6.45) is 11.9. The largest absolute Gasteiger partial charge is 1.00 e. The molecular formula is C12H22ClN3. The third-order valence-corrected chi connectivity index (χ3v) is 3.16. The van der Waals surface area contributed by atoms with Crippen molar-refractivity contribution in [1.29, 1.82) is 0 Å². The first-order chi connectivity index (χ1) is 7.34. The molecular weight excluding hydrogens is 222 g/mol. The minimum atomic E-state index is 0.